The molecule has 1 fully saturated rings. The van der Waals surface area contributed by atoms with Gasteiger partial charge >= 0.3 is 0 Å². The van der Waals surface area contributed by atoms with Gasteiger partial charge in [-0.2, -0.15) is 4.91 Å². The molecule has 0 aromatic heterocycles. The molecular formula is C11H19NO2. The monoisotopic (exact) mass is 197 g/mol. The Morgan fingerprint density at radius 1 is 1.71 bits per heavy atom. The first-order valence-electron chi connectivity index (χ1n) is 5.13. The van der Waals surface area contributed by atoms with Crippen molar-refractivity contribution in [3.8, 4) is 0 Å². The number of aliphatic hydroxyl groups excluding tert-OH is 1. The summed E-state index contributed by atoms with van der Waals surface area (Å²) in [6.45, 7) is 8.19. The fraction of sp³-hybridized carbons (Fsp3) is 0.818. The Morgan fingerprint density at radius 3 is 2.86 bits per heavy atom. The summed E-state index contributed by atoms with van der Waals surface area (Å²) in [6, 6.07) is 0. The Labute approximate surface area is 85.2 Å². The number of allylic oxidation sites excluding steroid dienone is 1. The molecule has 1 aliphatic carbocycles. The van der Waals surface area contributed by atoms with Crippen molar-refractivity contribution in [2.24, 2.45) is 22.4 Å². The summed E-state index contributed by atoms with van der Waals surface area (Å²) >= 11 is 0. The van der Waals surface area contributed by atoms with Gasteiger partial charge in [-0.15, -0.1) is 6.58 Å². The van der Waals surface area contributed by atoms with E-state index in [1.54, 1.807) is 0 Å². The predicted molar refractivity (Wildman–Crippen MR) is 56.9 cm³/mol. The lowest BCUT2D eigenvalue weighted by Gasteiger charge is -2.44. The molecule has 0 saturated heterocycles. The summed E-state index contributed by atoms with van der Waals surface area (Å²) < 4.78 is 0. The maximum Gasteiger partial charge on any atom is 0.0871 e. The van der Waals surface area contributed by atoms with Crippen LogP contribution in [0.1, 0.15) is 26.7 Å². The summed E-state index contributed by atoms with van der Waals surface area (Å²) in [5, 5.41) is 12.7. The lowest BCUT2D eigenvalue weighted by molar-refractivity contribution is 0.00257. The number of hydrogen-bond donors (Lipinski definition) is 1. The minimum atomic E-state index is -0.298. The van der Waals surface area contributed by atoms with E-state index in [0.29, 0.717) is 12.3 Å². The van der Waals surface area contributed by atoms with Crippen LogP contribution in [0.3, 0.4) is 0 Å². The molecule has 1 saturated carbocycles. The van der Waals surface area contributed by atoms with Crippen LogP contribution in [0.2, 0.25) is 0 Å². The van der Waals surface area contributed by atoms with E-state index in [0.717, 1.165) is 6.42 Å². The van der Waals surface area contributed by atoms with E-state index in [9.17, 15) is 10.0 Å². The molecule has 0 aromatic carbocycles. The molecule has 0 amide bonds. The van der Waals surface area contributed by atoms with Crippen molar-refractivity contribution >= 4 is 0 Å². The molecular weight excluding hydrogens is 178 g/mol. The molecule has 0 aromatic rings. The highest BCUT2D eigenvalue weighted by atomic mass is 16.3. The maximum absolute atomic E-state index is 10.4. The summed E-state index contributed by atoms with van der Waals surface area (Å²) in [7, 11) is 0. The molecule has 0 spiro atoms. The molecule has 1 aliphatic rings. The van der Waals surface area contributed by atoms with Gasteiger partial charge in [0.2, 0.25) is 0 Å². The van der Waals surface area contributed by atoms with Crippen LogP contribution in [0, 0.1) is 22.2 Å². The number of rotatable bonds is 3. The largest absolute Gasteiger partial charge is 0.393 e. The Bertz CT molecular complexity index is 229. The standard InChI is InChI=1S/C11H19NO2/c1-4-10-8(2)5-9(13)6-11(10,3)7-12-14/h4,8-10,13H,1,5-7H2,2-3H3. The number of nitroso groups, excluding NO2 is 1. The van der Waals surface area contributed by atoms with Crippen molar-refractivity contribution in [1.82, 2.24) is 0 Å². The molecule has 3 nitrogen and oxygen atoms in total. The predicted octanol–water partition coefficient (Wildman–Crippen LogP) is 2.35. The SMILES string of the molecule is C=CC1C(C)CC(O)CC1(C)CN=O. The number of nitrogens with zero attached hydrogens (tertiary/aromatic N) is 1. The Balaban J connectivity index is 2.86. The van der Waals surface area contributed by atoms with Crippen LogP contribution in [0.5, 0.6) is 0 Å². The van der Waals surface area contributed by atoms with Gasteiger partial charge in [-0.25, -0.2) is 0 Å². The molecule has 3 heteroatoms. The quantitative estimate of drug-likeness (QED) is 0.557. The zero-order valence-electron chi connectivity index (χ0n) is 8.94. The molecule has 0 aliphatic heterocycles. The third kappa shape index (κ3) is 2.03. The van der Waals surface area contributed by atoms with Gasteiger partial charge in [0.1, 0.15) is 0 Å². The minimum absolute atomic E-state index is 0.208. The molecule has 0 radical (unpaired) electrons. The third-order valence-electron chi connectivity index (χ3n) is 3.44. The zero-order valence-corrected chi connectivity index (χ0v) is 8.94. The second kappa shape index (κ2) is 4.22. The van der Waals surface area contributed by atoms with E-state index >= 15 is 0 Å². The lowest BCUT2D eigenvalue weighted by atomic mass is 9.62. The molecule has 4 unspecified atom stereocenters. The van der Waals surface area contributed by atoms with Crippen molar-refractivity contribution in [1.29, 1.82) is 0 Å². The van der Waals surface area contributed by atoms with Crippen LogP contribution in [-0.2, 0) is 0 Å². The van der Waals surface area contributed by atoms with Crippen LogP contribution < -0.4 is 0 Å². The highest BCUT2D eigenvalue weighted by Gasteiger charge is 2.42. The van der Waals surface area contributed by atoms with Gasteiger partial charge in [-0.3, -0.25) is 0 Å². The first kappa shape index (κ1) is 11.4. The van der Waals surface area contributed by atoms with Crippen LogP contribution in [0.4, 0.5) is 0 Å². The fourth-order valence-corrected chi connectivity index (χ4v) is 2.85. The minimum Gasteiger partial charge on any atom is -0.393 e. The van der Waals surface area contributed by atoms with Gasteiger partial charge in [0.15, 0.2) is 0 Å². The molecule has 4 atom stereocenters. The van der Waals surface area contributed by atoms with Crippen LogP contribution >= 0.6 is 0 Å². The van der Waals surface area contributed by atoms with Crippen molar-refractivity contribution in [3.63, 3.8) is 0 Å². The average molecular weight is 197 g/mol. The highest BCUT2D eigenvalue weighted by molar-refractivity contribution is 5.01. The Kier molecular flexibility index (Phi) is 3.43. The number of aliphatic hydroxyl groups is 1. The van der Waals surface area contributed by atoms with Gasteiger partial charge in [0, 0.05) is 0 Å². The molecule has 14 heavy (non-hydrogen) atoms. The van der Waals surface area contributed by atoms with Gasteiger partial charge in [0.05, 0.1) is 12.6 Å². The first-order valence-corrected chi connectivity index (χ1v) is 5.13. The number of hydrogen-bond acceptors (Lipinski definition) is 3. The fourth-order valence-electron chi connectivity index (χ4n) is 2.85. The topological polar surface area (TPSA) is 49.7 Å². The van der Waals surface area contributed by atoms with Crippen LogP contribution in [-0.4, -0.2) is 17.8 Å². The van der Waals surface area contributed by atoms with Crippen LogP contribution in [0.15, 0.2) is 17.8 Å². The summed E-state index contributed by atoms with van der Waals surface area (Å²) in [5.41, 5.74) is -0.208. The van der Waals surface area contributed by atoms with Crippen molar-refractivity contribution in [2.75, 3.05) is 6.54 Å². The summed E-state index contributed by atoms with van der Waals surface area (Å²) in [5.74, 6) is 0.659. The van der Waals surface area contributed by atoms with E-state index < -0.39 is 0 Å². The van der Waals surface area contributed by atoms with E-state index in [1.165, 1.54) is 0 Å². The van der Waals surface area contributed by atoms with Gasteiger partial charge in [-0.1, -0.05) is 25.1 Å². The third-order valence-corrected chi connectivity index (χ3v) is 3.44. The highest BCUT2D eigenvalue weighted by Crippen LogP contribution is 2.45. The Morgan fingerprint density at radius 2 is 2.36 bits per heavy atom. The van der Waals surface area contributed by atoms with Crippen molar-refractivity contribution < 1.29 is 5.11 Å². The normalized spacial score (nSPS) is 43.2. The van der Waals surface area contributed by atoms with E-state index in [1.807, 2.05) is 13.0 Å². The first-order chi connectivity index (χ1) is 6.53. The van der Waals surface area contributed by atoms with Gasteiger partial charge in [0.25, 0.3) is 0 Å². The summed E-state index contributed by atoms with van der Waals surface area (Å²) in [6.07, 6.45) is 3.06. The van der Waals surface area contributed by atoms with Crippen LogP contribution in [0.25, 0.3) is 0 Å². The smallest absolute Gasteiger partial charge is 0.0871 e. The molecule has 1 N–H and O–H groups in total. The molecule has 80 valence electrons. The van der Waals surface area contributed by atoms with Gasteiger partial charge in [-0.05, 0) is 30.1 Å². The van der Waals surface area contributed by atoms with E-state index in [2.05, 4.69) is 18.7 Å². The van der Waals surface area contributed by atoms with Gasteiger partial charge < -0.3 is 5.11 Å². The van der Waals surface area contributed by atoms with E-state index in [4.69, 9.17) is 0 Å². The average Bonchev–Trinajstić information content (AvgIpc) is 2.02. The summed E-state index contributed by atoms with van der Waals surface area (Å²) in [4.78, 5) is 10.4. The Hall–Kier alpha value is -0.700. The second-order valence-electron chi connectivity index (χ2n) is 4.77. The molecule has 0 heterocycles. The zero-order chi connectivity index (χ0) is 10.8. The molecule has 1 rings (SSSR count). The van der Waals surface area contributed by atoms with E-state index in [-0.39, 0.29) is 24.0 Å². The molecule has 0 bridgehead atoms. The van der Waals surface area contributed by atoms with Crippen molar-refractivity contribution in [3.05, 3.63) is 17.6 Å². The van der Waals surface area contributed by atoms with Crippen molar-refractivity contribution in [2.45, 2.75) is 32.8 Å². The maximum atomic E-state index is 10.4. The second-order valence-corrected chi connectivity index (χ2v) is 4.77. The lowest BCUT2D eigenvalue weighted by Crippen LogP contribution is -2.42.